The molecule has 3 aromatic carbocycles. The molecule has 1 unspecified atom stereocenters. The van der Waals surface area contributed by atoms with E-state index in [0.29, 0.717) is 6.54 Å². The summed E-state index contributed by atoms with van der Waals surface area (Å²) < 4.78 is 5.97. The molecular weight excluding hydrogens is 491 g/mol. The summed E-state index contributed by atoms with van der Waals surface area (Å²) in [6.45, 7) is 2.49. The first-order valence-electron chi connectivity index (χ1n) is 12.2. The van der Waals surface area contributed by atoms with E-state index in [2.05, 4.69) is 22.0 Å². The summed E-state index contributed by atoms with van der Waals surface area (Å²) in [4.78, 5) is 6.66. The molecule has 1 aliphatic rings. The molecule has 0 bridgehead atoms. The van der Waals surface area contributed by atoms with E-state index in [1.54, 1.807) is 6.20 Å². The van der Waals surface area contributed by atoms with Gasteiger partial charge in [-0.3, -0.25) is 9.88 Å². The number of fused-ring (bicyclic) bond motifs is 1. The Morgan fingerprint density at radius 3 is 2.19 bits per heavy atom. The molecule has 0 radical (unpaired) electrons. The molecule has 5 rings (SSSR count). The standard InChI is InChI=1S/C30H28Cl2N2O2/c31-26-10-3-1-7-23(26)30(24-8-2-4-11-27(24)32)21-14-17-34(18-15-21)19-22(35)20-36-29-13-5-12-28-25(29)9-6-16-33-28/h1-13,16,22,35H,14-15,17-20H2. The Morgan fingerprint density at radius 1 is 0.861 bits per heavy atom. The van der Waals surface area contributed by atoms with Crippen LogP contribution < -0.4 is 4.74 Å². The largest absolute Gasteiger partial charge is 0.490 e. The molecule has 1 atom stereocenters. The number of aliphatic hydroxyl groups excluding tert-OH is 1. The number of rotatable bonds is 7. The highest BCUT2D eigenvalue weighted by Crippen LogP contribution is 2.38. The molecule has 1 aromatic heterocycles. The SMILES string of the molecule is OC(COc1cccc2ncccc12)CN1CCC(=C(c2ccccc2Cl)c2ccccc2Cl)CC1. The average molecular weight is 519 g/mol. The highest BCUT2D eigenvalue weighted by molar-refractivity contribution is 6.34. The molecule has 0 amide bonds. The van der Waals surface area contributed by atoms with Crippen LogP contribution in [0.4, 0.5) is 0 Å². The molecule has 1 saturated heterocycles. The van der Waals surface area contributed by atoms with Gasteiger partial charge in [-0.15, -0.1) is 0 Å². The lowest BCUT2D eigenvalue weighted by molar-refractivity contribution is 0.0661. The summed E-state index contributed by atoms with van der Waals surface area (Å²) in [5.41, 5.74) is 5.36. The molecule has 184 valence electrons. The quantitative estimate of drug-likeness (QED) is 0.289. The maximum absolute atomic E-state index is 10.7. The molecule has 6 heteroatoms. The Morgan fingerprint density at radius 2 is 1.53 bits per heavy atom. The summed E-state index contributed by atoms with van der Waals surface area (Å²) >= 11 is 13.2. The van der Waals surface area contributed by atoms with Gasteiger partial charge in [0.05, 0.1) is 5.52 Å². The molecule has 36 heavy (non-hydrogen) atoms. The molecular formula is C30H28Cl2N2O2. The van der Waals surface area contributed by atoms with Crippen molar-refractivity contribution in [2.75, 3.05) is 26.2 Å². The van der Waals surface area contributed by atoms with Crippen molar-refractivity contribution in [2.45, 2.75) is 18.9 Å². The van der Waals surface area contributed by atoms with E-state index < -0.39 is 6.10 Å². The van der Waals surface area contributed by atoms with E-state index in [1.165, 1.54) is 5.57 Å². The van der Waals surface area contributed by atoms with Crippen LogP contribution in [0, 0.1) is 0 Å². The lowest BCUT2D eigenvalue weighted by Gasteiger charge is -2.31. The highest BCUT2D eigenvalue weighted by atomic mass is 35.5. The number of hydrogen-bond donors (Lipinski definition) is 1. The Labute approximate surface area is 221 Å². The summed E-state index contributed by atoms with van der Waals surface area (Å²) in [6, 6.07) is 25.5. The Bertz CT molecular complexity index is 1330. The number of β-amino-alcohol motifs (C(OH)–C–C–N with tert-alkyl or cyclic N) is 1. The number of pyridine rings is 1. The number of benzene rings is 3. The van der Waals surface area contributed by atoms with Crippen LogP contribution >= 0.6 is 23.2 Å². The summed E-state index contributed by atoms with van der Waals surface area (Å²) in [5, 5.41) is 13.1. The monoisotopic (exact) mass is 518 g/mol. The third-order valence-electron chi connectivity index (χ3n) is 6.61. The second-order valence-corrected chi connectivity index (χ2v) is 9.84. The molecule has 0 spiro atoms. The minimum Gasteiger partial charge on any atom is -0.490 e. The fourth-order valence-corrected chi connectivity index (χ4v) is 5.31. The molecule has 1 aliphatic heterocycles. The smallest absolute Gasteiger partial charge is 0.128 e. The topological polar surface area (TPSA) is 45.6 Å². The number of aliphatic hydroxyl groups is 1. The minimum atomic E-state index is -0.589. The van der Waals surface area contributed by atoms with E-state index in [0.717, 1.165) is 69.3 Å². The van der Waals surface area contributed by atoms with Crippen LogP contribution in [0.2, 0.25) is 10.0 Å². The molecule has 4 aromatic rings. The lowest BCUT2D eigenvalue weighted by atomic mass is 9.88. The van der Waals surface area contributed by atoms with Crippen LogP contribution in [0.15, 0.2) is 90.6 Å². The molecule has 2 heterocycles. The second kappa shape index (κ2) is 11.4. The van der Waals surface area contributed by atoms with Gasteiger partial charge in [-0.05, 0) is 54.8 Å². The van der Waals surface area contributed by atoms with Crippen molar-refractivity contribution in [3.8, 4) is 5.75 Å². The number of likely N-dealkylation sites (tertiary alicyclic amines) is 1. The highest BCUT2D eigenvalue weighted by Gasteiger charge is 2.23. The van der Waals surface area contributed by atoms with Gasteiger partial charge in [0.2, 0.25) is 0 Å². The third-order valence-corrected chi connectivity index (χ3v) is 7.26. The molecule has 4 nitrogen and oxygen atoms in total. The average Bonchev–Trinajstić information content (AvgIpc) is 2.90. The van der Waals surface area contributed by atoms with E-state index >= 15 is 0 Å². The first-order valence-corrected chi connectivity index (χ1v) is 12.9. The lowest BCUT2D eigenvalue weighted by Crippen LogP contribution is -2.39. The van der Waals surface area contributed by atoms with Gasteiger partial charge in [-0.2, -0.15) is 0 Å². The predicted molar refractivity (Wildman–Crippen MR) is 148 cm³/mol. The number of piperidine rings is 1. The molecule has 1 N–H and O–H groups in total. The van der Waals surface area contributed by atoms with Gasteiger partial charge in [0.15, 0.2) is 0 Å². The van der Waals surface area contributed by atoms with Crippen molar-refractivity contribution >= 4 is 39.7 Å². The summed E-state index contributed by atoms with van der Waals surface area (Å²) in [6.07, 6.45) is 2.94. The van der Waals surface area contributed by atoms with E-state index in [-0.39, 0.29) is 6.61 Å². The number of halogens is 2. The zero-order valence-electron chi connectivity index (χ0n) is 19.9. The van der Waals surface area contributed by atoms with E-state index in [1.807, 2.05) is 66.7 Å². The normalized spacial score (nSPS) is 15.1. The molecule has 0 saturated carbocycles. The maximum Gasteiger partial charge on any atom is 0.128 e. The third kappa shape index (κ3) is 5.58. The first-order chi connectivity index (χ1) is 17.6. The van der Waals surface area contributed by atoms with Crippen LogP contribution in [-0.4, -0.2) is 47.3 Å². The van der Waals surface area contributed by atoms with E-state index in [9.17, 15) is 5.11 Å². The fourth-order valence-electron chi connectivity index (χ4n) is 4.85. The van der Waals surface area contributed by atoms with Crippen molar-refractivity contribution in [3.05, 3.63) is 112 Å². The van der Waals surface area contributed by atoms with Gasteiger partial charge in [-0.25, -0.2) is 0 Å². The van der Waals surface area contributed by atoms with Crippen molar-refractivity contribution in [1.29, 1.82) is 0 Å². The Kier molecular flexibility index (Phi) is 7.88. The zero-order chi connectivity index (χ0) is 24.9. The van der Waals surface area contributed by atoms with Crippen molar-refractivity contribution in [1.82, 2.24) is 9.88 Å². The van der Waals surface area contributed by atoms with Gasteiger partial charge in [0.25, 0.3) is 0 Å². The minimum absolute atomic E-state index is 0.234. The van der Waals surface area contributed by atoms with Gasteiger partial charge in [0.1, 0.15) is 18.5 Å². The predicted octanol–water partition coefficient (Wildman–Crippen LogP) is 6.88. The van der Waals surface area contributed by atoms with Crippen LogP contribution in [0.1, 0.15) is 24.0 Å². The van der Waals surface area contributed by atoms with Crippen LogP contribution in [0.3, 0.4) is 0 Å². The van der Waals surface area contributed by atoms with Gasteiger partial charge in [-0.1, -0.05) is 71.2 Å². The first kappa shape index (κ1) is 24.8. The second-order valence-electron chi connectivity index (χ2n) is 9.03. The molecule has 1 fully saturated rings. The summed E-state index contributed by atoms with van der Waals surface area (Å²) in [5.74, 6) is 0.743. The van der Waals surface area contributed by atoms with Crippen LogP contribution in [0.5, 0.6) is 5.75 Å². The van der Waals surface area contributed by atoms with Crippen molar-refractivity contribution in [3.63, 3.8) is 0 Å². The maximum atomic E-state index is 10.7. The Balaban J connectivity index is 1.27. The van der Waals surface area contributed by atoms with Crippen molar-refractivity contribution in [2.24, 2.45) is 0 Å². The zero-order valence-corrected chi connectivity index (χ0v) is 21.4. The fraction of sp³-hybridized carbons (Fsp3) is 0.233. The van der Waals surface area contributed by atoms with Crippen LogP contribution in [-0.2, 0) is 0 Å². The van der Waals surface area contributed by atoms with Gasteiger partial charge >= 0.3 is 0 Å². The number of nitrogens with zero attached hydrogens (tertiary/aromatic N) is 2. The number of ether oxygens (including phenoxy) is 1. The van der Waals surface area contributed by atoms with Gasteiger partial charge < -0.3 is 9.84 Å². The summed E-state index contributed by atoms with van der Waals surface area (Å²) in [7, 11) is 0. The number of hydrogen-bond acceptors (Lipinski definition) is 4. The van der Waals surface area contributed by atoms with Crippen LogP contribution in [0.25, 0.3) is 16.5 Å². The van der Waals surface area contributed by atoms with Crippen molar-refractivity contribution < 1.29 is 9.84 Å². The van der Waals surface area contributed by atoms with Gasteiger partial charge in [0, 0.05) is 52.4 Å². The van der Waals surface area contributed by atoms with E-state index in [4.69, 9.17) is 27.9 Å². The molecule has 0 aliphatic carbocycles. The number of aromatic nitrogens is 1. The Hall–Kier alpha value is -2.89.